The van der Waals surface area contributed by atoms with E-state index in [-0.39, 0.29) is 64.1 Å². The summed E-state index contributed by atoms with van der Waals surface area (Å²) in [4.78, 5) is 0. The molecule has 0 aliphatic carbocycles. The number of rotatable bonds is 0. The van der Waals surface area contributed by atoms with Crippen LogP contribution in [0.5, 0.6) is 0 Å². The van der Waals surface area contributed by atoms with Crippen molar-refractivity contribution in [2.75, 3.05) is 0 Å². The third-order valence-corrected chi connectivity index (χ3v) is 0. The van der Waals surface area contributed by atoms with Gasteiger partial charge in [-0.3, -0.25) is 0 Å². The van der Waals surface area contributed by atoms with Gasteiger partial charge >= 0.3 is 0 Å². The molecule has 0 aromatic rings. The van der Waals surface area contributed by atoms with E-state index in [2.05, 4.69) is 0 Å². The summed E-state index contributed by atoms with van der Waals surface area (Å²) in [5.41, 5.74) is 0. The zero-order valence-electron chi connectivity index (χ0n) is 1.73. The first-order chi connectivity index (χ1) is 0. The molecule has 30 valence electrons. The Balaban J connectivity index is 0. The second-order valence-electron chi connectivity index (χ2n) is 0. The van der Waals surface area contributed by atoms with Crippen LogP contribution in [-0.2, 0) is 33.3 Å². The van der Waals surface area contributed by atoms with Crippen LogP contribution in [0, 0.1) is 0 Å². The molecule has 4 heavy (non-hydrogen) atoms. The smallest absolute Gasteiger partial charge is 0 e. The molecule has 4 radical (unpaired) electrons. The summed E-state index contributed by atoms with van der Waals surface area (Å²) in [5.74, 6) is 0. The number of hydrogen-bond acceptors (Lipinski definition) is 0. The maximum absolute atomic E-state index is 0. The van der Waals surface area contributed by atoms with Crippen molar-refractivity contribution in [3.8, 4) is 0 Å². The van der Waals surface area contributed by atoms with E-state index in [1.165, 1.54) is 0 Å². The van der Waals surface area contributed by atoms with Crippen molar-refractivity contribution >= 4 is 30.9 Å². The van der Waals surface area contributed by atoms with Gasteiger partial charge in [-0.15, -0.1) is 0 Å². The van der Waals surface area contributed by atoms with Crippen LogP contribution in [0.25, 0.3) is 0 Å². The Kier molecular flexibility index (Phi) is 205. The average molecular weight is 179 g/mol. The van der Waals surface area contributed by atoms with E-state index < -0.39 is 0 Å². The van der Waals surface area contributed by atoms with Crippen molar-refractivity contribution < 1.29 is 33.3 Å². The summed E-state index contributed by atoms with van der Waals surface area (Å²) < 4.78 is 0. The molecule has 0 heterocycles. The Bertz CT molecular complexity index is 8.00. The van der Waals surface area contributed by atoms with Gasteiger partial charge in [-0.25, -0.2) is 0 Å². The monoisotopic (exact) mass is 178 g/mol. The second-order valence-corrected chi connectivity index (χ2v) is 0. The molecule has 0 aromatic heterocycles. The Morgan fingerprint density at radius 1 is 1.00 bits per heavy atom. The fraction of sp³-hybridized carbons (Fsp3) is 0. The maximum atomic E-state index is 0. The van der Waals surface area contributed by atoms with E-state index in [0.29, 0.717) is 0 Å². The van der Waals surface area contributed by atoms with Gasteiger partial charge in [0, 0.05) is 50.6 Å². The van der Waals surface area contributed by atoms with Crippen molar-refractivity contribution in [2.24, 2.45) is 0 Å². The van der Waals surface area contributed by atoms with E-state index >= 15 is 0 Å². The molecule has 0 rings (SSSR count). The maximum Gasteiger partial charge on any atom is 0 e. The molecular formula is H2AlCoNiS. The summed E-state index contributed by atoms with van der Waals surface area (Å²) in [6.07, 6.45) is 0. The van der Waals surface area contributed by atoms with E-state index in [0.717, 1.165) is 0 Å². The van der Waals surface area contributed by atoms with Gasteiger partial charge in [-0.2, -0.15) is 13.5 Å². The minimum absolute atomic E-state index is 0. The van der Waals surface area contributed by atoms with Crippen LogP contribution in [0.1, 0.15) is 0 Å². The van der Waals surface area contributed by atoms with Gasteiger partial charge in [-0.1, -0.05) is 0 Å². The molecular weight excluding hydrogens is 177 g/mol. The summed E-state index contributed by atoms with van der Waals surface area (Å²) in [7, 11) is 0. The van der Waals surface area contributed by atoms with E-state index in [1.54, 1.807) is 0 Å². The Morgan fingerprint density at radius 2 is 1.00 bits per heavy atom. The molecule has 0 aromatic carbocycles. The molecule has 0 nitrogen and oxygen atoms in total. The Labute approximate surface area is 63.8 Å². The molecule has 4 heteroatoms. The molecule has 0 N–H and O–H groups in total. The second kappa shape index (κ2) is 20.8. The molecule has 0 aliphatic rings. The van der Waals surface area contributed by atoms with Gasteiger partial charge in [0.1, 0.15) is 0 Å². The first kappa shape index (κ1) is 39.6. The van der Waals surface area contributed by atoms with Gasteiger partial charge in [0.05, 0.1) is 0 Å². The fourth-order valence-electron chi connectivity index (χ4n) is 0. The van der Waals surface area contributed by atoms with Crippen molar-refractivity contribution in [2.45, 2.75) is 0 Å². The summed E-state index contributed by atoms with van der Waals surface area (Å²) in [6, 6.07) is 0. The minimum Gasteiger partial charge on any atom is -0.197 e. The molecule has 0 unspecified atom stereocenters. The van der Waals surface area contributed by atoms with E-state index in [9.17, 15) is 0 Å². The third-order valence-electron chi connectivity index (χ3n) is 0. The predicted octanol–water partition coefficient (Wildman–Crippen LogP) is -0.273. The van der Waals surface area contributed by atoms with Crippen LogP contribution in [0.15, 0.2) is 0 Å². The molecule has 0 bridgehead atoms. The van der Waals surface area contributed by atoms with E-state index in [1.807, 2.05) is 0 Å². The zero-order valence-corrected chi connectivity index (χ0v) is 5.91. The fourth-order valence-corrected chi connectivity index (χ4v) is 0. The molecule has 0 aliphatic heterocycles. The standard InChI is InChI=1S/Al.Co.Ni.H2S/h;;;1H2. The van der Waals surface area contributed by atoms with Crippen molar-refractivity contribution in [3.05, 3.63) is 0 Å². The van der Waals surface area contributed by atoms with Crippen LogP contribution < -0.4 is 0 Å². The van der Waals surface area contributed by atoms with Crippen LogP contribution in [0.3, 0.4) is 0 Å². The molecule has 0 spiro atoms. The quantitative estimate of drug-likeness (QED) is 0.448. The normalized spacial score (nSPS) is 0. The summed E-state index contributed by atoms with van der Waals surface area (Å²) in [6.45, 7) is 0. The van der Waals surface area contributed by atoms with Gasteiger partial charge in [0.2, 0.25) is 0 Å². The van der Waals surface area contributed by atoms with Crippen molar-refractivity contribution in [1.29, 1.82) is 0 Å². The molecule has 0 saturated carbocycles. The van der Waals surface area contributed by atoms with Gasteiger partial charge in [0.25, 0.3) is 0 Å². The van der Waals surface area contributed by atoms with Crippen LogP contribution in [0.4, 0.5) is 0 Å². The van der Waals surface area contributed by atoms with Gasteiger partial charge < -0.3 is 0 Å². The first-order valence-corrected chi connectivity index (χ1v) is 0. The zero-order chi connectivity index (χ0) is 0. The number of hydrogen-bond donors (Lipinski definition) is 0. The molecule has 0 fully saturated rings. The predicted molar refractivity (Wildman–Crippen MR) is 16.1 cm³/mol. The van der Waals surface area contributed by atoms with Gasteiger partial charge in [0.15, 0.2) is 0 Å². The van der Waals surface area contributed by atoms with Crippen LogP contribution in [0.2, 0.25) is 0 Å². The third kappa shape index (κ3) is 9.10. The minimum atomic E-state index is 0. The Morgan fingerprint density at radius 3 is 1.00 bits per heavy atom. The average Bonchev–Trinajstić information content (AvgIpc) is 0. The Hall–Kier alpha value is 1.88. The van der Waals surface area contributed by atoms with Gasteiger partial charge in [-0.05, 0) is 0 Å². The summed E-state index contributed by atoms with van der Waals surface area (Å²) in [5, 5.41) is 0. The molecule has 0 saturated heterocycles. The van der Waals surface area contributed by atoms with E-state index in [4.69, 9.17) is 0 Å². The molecule has 0 amide bonds. The van der Waals surface area contributed by atoms with Crippen LogP contribution in [-0.4, -0.2) is 17.4 Å². The first-order valence-electron chi connectivity index (χ1n) is 0. The van der Waals surface area contributed by atoms with Crippen molar-refractivity contribution in [3.63, 3.8) is 0 Å². The topological polar surface area (TPSA) is 0 Å². The summed E-state index contributed by atoms with van der Waals surface area (Å²) >= 11 is 0. The largest absolute Gasteiger partial charge is 0.197 e. The van der Waals surface area contributed by atoms with Crippen molar-refractivity contribution in [1.82, 2.24) is 0 Å². The SMILES string of the molecule is S.[Al].[Co].[Ni]. The molecule has 0 atom stereocenters. The van der Waals surface area contributed by atoms with Crippen LogP contribution >= 0.6 is 13.5 Å².